The van der Waals surface area contributed by atoms with Crippen molar-refractivity contribution in [1.82, 2.24) is 4.31 Å². The molecule has 0 aliphatic carbocycles. The number of hydrogen-bond donors (Lipinski definition) is 2. The monoisotopic (exact) mass is 544 g/mol. The van der Waals surface area contributed by atoms with Crippen molar-refractivity contribution in [3.8, 4) is 16.9 Å². The van der Waals surface area contributed by atoms with Gasteiger partial charge in [-0.05, 0) is 66.3 Å². The minimum atomic E-state index is -3.70. The number of hydrogen-bond acceptors (Lipinski definition) is 5. The lowest BCUT2D eigenvalue weighted by molar-refractivity contribution is -0.140. The van der Waals surface area contributed by atoms with Crippen molar-refractivity contribution in [1.29, 1.82) is 0 Å². The maximum atomic E-state index is 12.9. The quantitative estimate of drug-likeness (QED) is 0.392. The largest absolute Gasteiger partial charge is 0.497 e. The van der Waals surface area contributed by atoms with Gasteiger partial charge in [-0.15, -0.1) is 0 Å². The van der Waals surface area contributed by atoms with Gasteiger partial charge < -0.3 is 9.84 Å². The van der Waals surface area contributed by atoms with E-state index in [0.717, 1.165) is 15.4 Å². The molecule has 0 aromatic heterocycles. The molecule has 4 rings (SSSR count). The van der Waals surface area contributed by atoms with Gasteiger partial charge in [-0.2, -0.15) is 4.31 Å². The summed E-state index contributed by atoms with van der Waals surface area (Å²) in [5.41, 5.74) is 2.04. The Hall–Kier alpha value is -3.25. The van der Waals surface area contributed by atoms with Crippen molar-refractivity contribution in [2.45, 2.75) is 23.8 Å². The molecule has 9 nitrogen and oxygen atoms in total. The highest BCUT2D eigenvalue weighted by atomic mass is 32.2. The number of benzene rings is 3. The van der Waals surface area contributed by atoms with Gasteiger partial charge >= 0.3 is 5.97 Å². The molecule has 0 spiro atoms. The minimum absolute atomic E-state index is 0.119. The van der Waals surface area contributed by atoms with Crippen molar-refractivity contribution < 1.29 is 31.8 Å². The summed E-state index contributed by atoms with van der Waals surface area (Å²) in [7, 11) is -2.12. The number of carbonyl (C=O) groups is 1. The molecule has 1 aliphatic heterocycles. The van der Waals surface area contributed by atoms with Crippen LogP contribution in [0.15, 0.2) is 83.8 Å². The van der Waals surface area contributed by atoms with E-state index in [4.69, 9.17) is 4.74 Å². The van der Waals surface area contributed by atoms with Crippen LogP contribution in [-0.2, 0) is 26.1 Å². The molecule has 0 saturated carbocycles. The Kier molecular flexibility index (Phi) is 8.28. The predicted octanol–water partition coefficient (Wildman–Crippen LogP) is 3.86. The lowest BCUT2D eigenvalue weighted by atomic mass is 9.90. The molecule has 2 atom stereocenters. The Labute approximate surface area is 218 Å². The molecule has 0 bridgehead atoms. The highest BCUT2D eigenvalue weighted by Crippen LogP contribution is 2.32. The summed E-state index contributed by atoms with van der Waals surface area (Å²) in [6.45, 7) is 0.238. The standard InChI is InChI=1S/C26H28N2O7S2/c1-35-23-13-9-20(10-14-23)19-7-11-22(12-8-19)28(36(31)32)25(26(29)30)21-15-17-27(18-16-21)37(33,34)24-5-3-2-4-6-24/h2-14,21,25H,15-18H2,1H3,(H,29,30)(H,31,32). The average Bonchev–Trinajstić information content (AvgIpc) is 2.92. The Balaban J connectivity index is 1.53. The normalized spacial score (nSPS) is 16.6. The maximum Gasteiger partial charge on any atom is 0.327 e. The highest BCUT2D eigenvalue weighted by molar-refractivity contribution is 7.89. The number of aliphatic carboxylic acids is 1. The van der Waals surface area contributed by atoms with Gasteiger partial charge in [-0.1, -0.05) is 42.5 Å². The van der Waals surface area contributed by atoms with Crippen LogP contribution in [0.5, 0.6) is 5.75 Å². The molecule has 1 saturated heterocycles. The van der Waals surface area contributed by atoms with Crippen LogP contribution in [0, 0.1) is 5.92 Å². The smallest absolute Gasteiger partial charge is 0.327 e. The first-order valence-corrected chi connectivity index (χ1v) is 14.2. The van der Waals surface area contributed by atoms with E-state index in [-0.39, 0.29) is 36.5 Å². The summed E-state index contributed by atoms with van der Waals surface area (Å²) in [5.74, 6) is -1.06. The molecular formula is C26H28N2O7S2. The van der Waals surface area contributed by atoms with Crippen molar-refractivity contribution in [2.75, 3.05) is 24.5 Å². The van der Waals surface area contributed by atoms with E-state index in [1.165, 1.54) is 16.4 Å². The summed E-state index contributed by atoms with van der Waals surface area (Å²) in [6.07, 6.45) is 0.474. The number of anilines is 1. The lowest BCUT2D eigenvalue weighted by Crippen LogP contribution is -2.51. The molecule has 196 valence electrons. The predicted molar refractivity (Wildman–Crippen MR) is 141 cm³/mol. The molecule has 11 heteroatoms. The summed E-state index contributed by atoms with van der Waals surface area (Å²) < 4.78 is 55.9. The lowest BCUT2D eigenvalue weighted by Gasteiger charge is -2.37. The van der Waals surface area contributed by atoms with Crippen LogP contribution in [0.25, 0.3) is 11.1 Å². The number of nitrogens with zero attached hydrogens (tertiary/aromatic N) is 2. The zero-order valence-electron chi connectivity index (χ0n) is 20.1. The van der Waals surface area contributed by atoms with Crippen LogP contribution in [0.4, 0.5) is 5.69 Å². The second kappa shape index (κ2) is 11.4. The third kappa shape index (κ3) is 5.85. The van der Waals surface area contributed by atoms with Crippen LogP contribution in [0.2, 0.25) is 0 Å². The molecule has 2 N–H and O–H groups in total. The number of rotatable bonds is 9. The van der Waals surface area contributed by atoms with Crippen LogP contribution in [-0.4, -0.2) is 58.8 Å². The minimum Gasteiger partial charge on any atom is -0.497 e. The fourth-order valence-corrected chi connectivity index (χ4v) is 6.85. The number of piperidine rings is 1. The van der Waals surface area contributed by atoms with E-state index < -0.39 is 39.2 Å². The maximum absolute atomic E-state index is 12.9. The zero-order chi connectivity index (χ0) is 26.6. The van der Waals surface area contributed by atoms with E-state index in [0.29, 0.717) is 5.75 Å². The van der Waals surface area contributed by atoms with Gasteiger partial charge in [0.1, 0.15) is 11.8 Å². The van der Waals surface area contributed by atoms with Gasteiger partial charge in [0.05, 0.1) is 17.7 Å². The summed E-state index contributed by atoms with van der Waals surface area (Å²) in [5, 5.41) is 10.1. The molecule has 2 unspecified atom stereocenters. The molecule has 3 aromatic carbocycles. The molecule has 0 radical (unpaired) electrons. The molecule has 37 heavy (non-hydrogen) atoms. The van der Waals surface area contributed by atoms with Gasteiger partial charge in [0.25, 0.3) is 11.3 Å². The first-order chi connectivity index (χ1) is 17.7. The Bertz CT molecular complexity index is 1340. The SMILES string of the molecule is COc1ccc(-c2ccc(N(C(C(=O)O)C3CCN(S(=O)(=O)c4ccccc4)CC3)S(=O)O)cc2)cc1. The molecule has 1 aliphatic rings. The van der Waals surface area contributed by atoms with Crippen molar-refractivity contribution >= 4 is 32.9 Å². The summed E-state index contributed by atoms with van der Waals surface area (Å²) in [4.78, 5) is 12.5. The second-order valence-corrected chi connectivity index (χ2v) is 11.5. The summed E-state index contributed by atoms with van der Waals surface area (Å²) in [6, 6.07) is 20.9. The van der Waals surface area contributed by atoms with Gasteiger partial charge in [0.15, 0.2) is 0 Å². The Morgan fingerprint density at radius 1 is 0.973 bits per heavy atom. The first-order valence-electron chi connectivity index (χ1n) is 11.6. The van der Waals surface area contributed by atoms with Crippen molar-refractivity contribution in [3.63, 3.8) is 0 Å². The first kappa shape index (κ1) is 26.8. The Morgan fingerprint density at radius 3 is 2.00 bits per heavy atom. The van der Waals surface area contributed by atoms with Gasteiger partial charge in [0, 0.05) is 13.1 Å². The molecule has 1 fully saturated rings. The molecular weight excluding hydrogens is 516 g/mol. The van der Waals surface area contributed by atoms with E-state index >= 15 is 0 Å². The summed E-state index contributed by atoms with van der Waals surface area (Å²) >= 11 is -2.61. The number of ether oxygens (including phenoxy) is 1. The number of carboxylic acid groups (broad SMARTS) is 1. The van der Waals surface area contributed by atoms with Crippen LogP contribution in [0.3, 0.4) is 0 Å². The van der Waals surface area contributed by atoms with Gasteiger partial charge in [-0.25, -0.2) is 17.4 Å². The number of methoxy groups -OCH3 is 1. The average molecular weight is 545 g/mol. The third-order valence-electron chi connectivity index (χ3n) is 6.55. The van der Waals surface area contributed by atoms with Crippen LogP contribution < -0.4 is 9.04 Å². The second-order valence-electron chi connectivity index (χ2n) is 8.67. The highest BCUT2D eigenvalue weighted by Gasteiger charge is 2.40. The van der Waals surface area contributed by atoms with Gasteiger partial charge in [-0.3, -0.25) is 8.86 Å². The topological polar surface area (TPSA) is 124 Å². The molecule has 3 aromatic rings. The van der Waals surface area contributed by atoms with E-state index in [2.05, 4.69) is 0 Å². The third-order valence-corrected chi connectivity index (χ3v) is 9.23. The number of sulfonamides is 1. The van der Waals surface area contributed by atoms with Crippen molar-refractivity contribution in [2.24, 2.45) is 5.92 Å². The molecule has 1 heterocycles. The Morgan fingerprint density at radius 2 is 1.51 bits per heavy atom. The van der Waals surface area contributed by atoms with E-state index in [9.17, 15) is 27.1 Å². The van der Waals surface area contributed by atoms with Crippen LogP contribution in [0.1, 0.15) is 12.8 Å². The fourth-order valence-electron chi connectivity index (χ4n) is 4.60. The van der Waals surface area contributed by atoms with E-state index in [1.54, 1.807) is 49.6 Å². The number of carboxylic acids is 1. The zero-order valence-corrected chi connectivity index (χ0v) is 21.8. The molecule has 0 amide bonds. The fraction of sp³-hybridized carbons (Fsp3) is 0.269. The van der Waals surface area contributed by atoms with Crippen molar-refractivity contribution in [3.05, 3.63) is 78.9 Å². The van der Waals surface area contributed by atoms with Gasteiger partial charge in [0.2, 0.25) is 10.0 Å². The van der Waals surface area contributed by atoms with E-state index in [1.807, 2.05) is 24.3 Å². The van der Waals surface area contributed by atoms with Crippen LogP contribution >= 0.6 is 0 Å².